The molecule has 2 rings (SSSR count). The first-order valence-corrected chi connectivity index (χ1v) is 3.62. The zero-order valence-electron chi connectivity index (χ0n) is 6.36. The summed E-state index contributed by atoms with van der Waals surface area (Å²) in [4.78, 5) is 0. The van der Waals surface area contributed by atoms with Gasteiger partial charge in [0.05, 0.1) is 0 Å². The lowest BCUT2D eigenvalue weighted by atomic mass is 10.0. The van der Waals surface area contributed by atoms with Crippen LogP contribution in [0.2, 0.25) is 0 Å². The highest BCUT2D eigenvalue weighted by molar-refractivity contribution is 5.28. The molecule has 1 aromatic heterocycles. The van der Waals surface area contributed by atoms with Crippen LogP contribution in [0.25, 0.3) is 6.20 Å². The summed E-state index contributed by atoms with van der Waals surface area (Å²) in [5.41, 5.74) is 0.126. The molecule has 0 saturated carbocycles. The van der Waals surface area contributed by atoms with Crippen LogP contribution >= 0.6 is 0 Å². The van der Waals surface area contributed by atoms with Crippen LogP contribution in [0, 0.1) is 0 Å². The van der Waals surface area contributed by atoms with Crippen molar-refractivity contribution in [2.75, 3.05) is 0 Å². The van der Waals surface area contributed by atoms with Gasteiger partial charge in [-0.3, -0.25) is 0 Å². The van der Waals surface area contributed by atoms with E-state index in [9.17, 15) is 5.11 Å². The van der Waals surface area contributed by atoms with Gasteiger partial charge in [-0.05, 0) is 13.0 Å². The van der Waals surface area contributed by atoms with E-state index in [4.69, 9.17) is 0 Å². The Balaban J connectivity index is 2.64. The average Bonchev–Trinajstić information content (AvgIpc) is 2.29. The molecule has 2 nitrogen and oxygen atoms in total. The number of fused-ring (bicyclic) bond motifs is 1. The van der Waals surface area contributed by atoms with E-state index in [-0.39, 0.29) is 0 Å². The van der Waals surface area contributed by atoms with Gasteiger partial charge in [-0.2, -0.15) is 4.57 Å². The Morgan fingerprint density at radius 1 is 1.45 bits per heavy atom. The van der Waals surface area contributed by atoms with Crippen LogP contribution in [-0.2, 0) is 5.60 Å². The van der Waals surface area contributed by atoms with Gasteiger partial charge in [0.2, 0.25) is 5.69 Å². The Labute approximate surface area is 65.4 Å². The number of hydrogen-bond acceptors (Lipinski definition) is 1. The van der Waals surface area contributed by atoms with E-state index in [0.717, 1.165) is 5.69 Å². The predicted octanol–water partition coefficient (Wildman–Crippen LogP) is 0.666. The molecule has 1 N–H and O–H groups in total. The van der Waals surface area contributed by atoms with Crippen LogP contribution in [0.1, 0.15) is 12.6 Å². The highest BCUT2D eigenvalue weighted by Gasteiger charge is 2.34. The standard InChI is InChI=1S/C9H10NO/c1-9(11)5-7-10-6-3-2-4-8(9)10/h2-7,11H,1H3/q+1/t9-/m0/s1. The Hall–Kier alpha value is -1.15. The third kappa shape index (κ3) is 0.870. The molecule has 1 aliphatic heterocycles. The number of aromatic nitrogens is 1. The van der Waals surface area contributed by atoms with Gasteiger partial charge in [-0.1, -0.05) is 0 Å². The van der Waals surface area contributed by atoms with Crippen molar-refractivity contribution in [2.24, 2.45) is 0 Å². The summed E-state index contributed by atoms with van der Waals surface area (Å²) in [6, 6.07) is 5.78. The molecule has 0 amide bonds. The maximum atomic E-state index is 9.74. The van der Waals surface area contributed by atoms with Crippen molar-refractivity contribution in [3.05, 3.63) is 36.2 Å². The number of aliphatic hydroxyl groups is 1. The van der Waals surface area contributed by atoms with E-state index in [0.29, 0.717) is 0 Å². The van der Waals surface area contributed by atoms with E-state index in [2.05, 4.69) is 0 Å². The predicted molar refractivity (Wildman–Crippen MR) is 41.5 cm³/mol. The summed E-state index contributed by atoms with van der Waals surface area (Å²) in [5.74, 6) is 0. The monoisotopic (exact) mass is 148 g/mol. The van der Waals surface area contributed by atoms with E-state index >= 15 is 0 Å². The number of pyridine rings is 1. The van der Waals surface area contributed by atoms with Gasteiger partial charge >= 0.3 is 0 Å². The zero-order chi connectivity index (χ0) is 7.90. The second-order valence-corrected chi connectivity index (χ2v) is 2.96. The van der Waals surface area contributed by atoms with Crippen molar-refractivity contribution < 1.29 is 9.67 Å². The molecular weight excluding hydrogens is 138 g/mol. The first-order valence-electron chi connectivity index (χ1n) is 3.62. The van der Waals surface area contributed by atoms with Crippen molar-refractivity contribution in [1.29, 1.82) is 0 Å². The Morgan fingerprint density at radius 3 is 3.00 bits per heavy atom. The fraction of sp³-hybridized carbons (Fsp3) is 0.222. The molecule has 1 aliphatic rings. The summed E-state index contributed by atoms with van der Waals surface area (Å²) in [7, 11) is 0. The highest BCUT2D eigenvalue weighted by Crippen LogP contribution is 2.22. The van der Waals surface area contributed by atoms with E-state index in [1.807, 2.05) is 35.2 Å². The van der Waals surface area contributed by atoms with Gasteiger partial charge in [-0.25, -0.2) is 0 Å². The van der Waals surface area contributed by atoms with Gasteiger partial charge in [0.1, 0.15) is 0 Å². The molecule has 0 aromatic carbocycles. The van der Waals surface area contributed by atoms with Crippen LogP contribution in [0.4, 0.5) is 0 Å². The quantitative estimate of drug-likeness (QED) is 0.537. The van der Waals surface area contributed by atoms with Gasteiger partial charge in [0.15, 0.2) is 18.0 Å². The number of hydrogen-bond donors (Lipinski definition) is 1. The van der Waals surface area contributed by atoms with Crippen LogP contribution in [0.3, 0.4) is 0 Å². The van der Waals surface area contributed by atoms with Crippen molar-refractivity contribution in [1.82, 2.24) is 0 Å². The van der Waals surface area contributed by atoms with Crippen LogP contribution in [-0.4, -0.2) is 5.11 Å². The highest BCUT2D eigenvalue weighted by atomic mass is 16.3. The lowest BCUT2D eigenvalue weighted by Gasteiger charge is -2.08. The fourth-order valence-electron chi connectivity index (χ4n) is 1.33. The molecule has 0 unspecified atom stereocenters. The van der Waals surface area contributed by atoms with Crippen molar-refractivity contribution in [2.45, 2.75) is 12.5 Å². The second-order valence-electron chi connectivity index (χ2n) is 2.96. The summed E-state index contributed by atoms with van der Waals surface area (Å²) in [6.45, 7) is 1.78. The van der Waals surface area contributed by atoms with E-state index in [1.54, 1.807) is 13.0 Å². The first-order chi connectivity index (χ1) is 5.20. The van der Waals surface area contributed by atoms with Gasteiger partial charge < -0.3 is 5.11 Å². The Kier molecular flexibility index (Phi) is 1.14. The molecule has 0 bridgehead atoms. The average molecular weight is 148 g/mol. The molecule has 1 atom stereocenters. The van der Waals surface area contributed by atoms with Crippen molar-refractivity contribution in [3.8, 4) is 0 Å². The molecule has 56 valence electrons. The van der Waals surface area contributed by atoms with Crippen LogP contribution in [0.15, 0.2) is 30.5 Å². The van der Waals surface area contributed by atoms with Crippen LogP contribution in [0.5, 0.6) is 0 Å². The van der Waals surface area contributed by atoms with Crippen molar-refractivity contribution in [3.63, 3.8) is 0 Å². The molecule has 2 heterocycles. The Bertz CT molecular complexity index is 315. The molecule has 1 aromatic rings. The summed E-state index contributed by atoms with van der Waals surface area (Å²) in [5, 5.41) is 9.74. The van der Waals surface area contributed by atoms with E-state index in [1.165, 1.54) is 0 Å². The molecule has 0 spiro atoms. The molecule has 0 radical (unpaired) electrons. The van der Waals surface area contributed by atoms with Gasteiger partial charge in [0.25, 0.3) is 0 Å². The fourth-order valence-corrected chi connectivity index (χ4v) is 1.33. The third-order valence-electron chi connectivity index (χ3n) is 1.97. The minimum Gasteiger partial charge on any atom is -0.375 e. The Morgan fingerprint density at radius 2 is 2.27 bits per heavy atom. The van der Waals surface area contributed by atoms with E-state index < -0.39 is 5.60 Å². The molecule has 0 aliphatic carbocycles. The smallest absolute Gasteiger partial charge is 0.222 e. The summed E-state index contributed by atoms with van der Waals surface area (Å²) >= 11 is 0. The largest absolute Gasteiger partial charge is 0.375 e. The van der Waals surface area contributed by atoms with Crippen LogP contribution < -0.4 is 4.57 Å². The third-order valence-corrected chi connectivity index (χ3v) is 1.97. The molecular formula is C9H10NO+. The van der Waals surface area contributed by atoms with Gasteiger partial charge in [0, 0.05) is 18.2 Å². The lowest BCUT2D eigenvalue weighted by molar-refractivity contribution is -0.577. The summed E-state index contributed by atoms with van der Waals surface area (Å²) in [6.07, 6.45) is 5.57. The lowest BCUT2D eigenvalue weighted by Crippen LogP contribution is -2.33. The maximum Gasteiger partial charge on any atom is 0.222 e. The molecule has 11 heavy (non-hydrogen) atoms. The zero-order valence-corrected chi connectivity index (χ0v) is 6.36. The molecule has 0 fully saturated rings. The SMILES string of the molecule is C[C@]1(O)C=C[n+]2ccccc21. The van der Waals surface area contributed by atoms with Crippen molar-refractivity contribution >= 4 is 6.20 Å². The number of rotatable bonds is 0. The molecule has 0 saturated heterocycles. The normalized spacial score (nSPS) is 27.1. The topological polar surface area (TPSA) is 24.1 Å². The second kappa shape index (κ2) is 1.92. The maximum absolute atomic E-state index is 9.74. The molecule has 2 heteroatoms. The first kappa shape index (κ1) is 6.55. The minimum atomic E-state index is -0.790. The summed E-state index contributed by atoms with van der Waals surface area (Å²) < 4.78 is 1.92. The minimum absolute atomic E-state index is 0.790. The number of nitrogens with zero attached hydrogens (tertiary/aromatic N) is 1. The van der Waals surface area contributed by atoms with Gasteiger partial charge in [-0.15, -0.1) is 0 Å².